The molecule has 2 aromatic rings. The Labute approximate surface area is 116 Å². The first-order valence-corrected chi connectivity index (χ1v) is 6.24. The van der Waals surface area contributed by atoms with Crippen LogP contribution in [0.25, 0.3) is 11.0 Å². The smallest absolute Gasteiger partial charge is 0.225 e. The maximum Gasteiger partial charge on any atom is 0.245 e. The van der Waals surface area contributed by atoms with Crippen molar-refractivity contribution in [1.82, 2.24) is 4.57 Å². The SMILES string of the molecule is CC(C)(C)n1c[n+](C(C)(C)C)c2ccccc21.Cl. The lowest BCUT2D eigenvalue weighted by molar-refractivity contribution is -0.731. The van der Waals surface area contributed by atoms with Gasteiger partial charge in [-0.05, 0) is 53.7 Å². The molecule has 0 fully saturated rings. The van der Waals surface area contributed by atoms with Crippen molar-refractivity contribution < 1.29 is 4.57 Å². The van der Waals surface area contributed by atoms with Gasteiger partial charge < -0.3 is 0 Å². The molecule has 3 heteroatoms. The number of para-hydroxylation sites is 2. The van der Waals surface area contributed by atoms with Crippen molar-refractivity contribution in [2.75, 3.05) is 0 Å². The topological polar surface area (TPSA) is 8.81 Å². The fraction of sp³-hybridized carbons (Fsp3) is 0.533. The van der Waals surface area contributed by atoms with Crippen LogP contribution in [0.1, 0.15) is 41.5 Å². The molecule has 0 aliphatic heterocycles. The van der Waals surface area contributed by atoms with Crippen molar-refractivity contribution in [3.8, 4) is 0 Å². The maximum absolute atomic E-state index is 2.35. The van der Waals surface area contributed by atoms with Crippen molar-refractivity contribution >= 4 is 23.4 Å². The monoisotopic (exact) mass is 267 g/mol. The normalized spacial score (nSPS) is 12.6. The zero-order valence-corrected chi connectivity index (χ0v) is 13.0. The molecule has 0 amide bonds. The Hall–Kier alpha value is -1.02. The third kappa shape index (κ3) is 2.54. The molecule has 0 N–H and O–H groups in total. The maximum atomic E-state index is 2.35. The van der Waals surface area contributed by atoms with E-state index in [1.54, 1.807) is 0 Å². The highest BCUT2D eigenvalue weighted by Crippen LogP contribution is 2.22. The second kappa shape index (κ2) is 4.58. The fourth-order valence-corrected chi connectivity index (χ4v) is 2.18. The van der Waals surface area contributed by atoms with E-state index < -0.39 is 0 Å². The second-order valence-electron chi connectivity index (χ2n) is 6.69. The highest BCUT2D eigenvalue weighted by Gasteiger charge is 2.29. The molecule has 2 nitrogen and oxygen atoms in total. The van der Waals surface area contributed by atoms with E-state index in [0.29, 0.717) is 0 Å². The van der Waals surface area contributed by atoms with Gasteiger partial charge in [-0.3, -0.25) is 0 Å². The highest BCUT2D eigenvalue weighted by molar-refractivity contribution is 5.85. The fourth-order valence-electron chi connectivity index (χ4n) is 2.18. The molecule has 0 atom stereocenters. The zero-order valence-electron chi connectivity index (χ0n) is 12.2. The summed E-state index contributed by atoms with van der Waals surface area (Å²) in [5.41, 5.74) is 2.82. The summed E-state index contributed by atoms with van der Waals surface area (Å²) in [5, 5.41) is 0. The van der Waals surface area contributed by atoms with Gasteiger partial charge in [-0.25, -0.2) is 9.13 Å². The van der Waals surface area contributed by atoms with Gasteiger partial charge in [-0.2, -0.15) is 0 Å². The Balaban J connectivity index is 0.00000162. The van der Waals surface area contributed by atoms with Crippen molar-refractivity contribution in [3.63, 3.8) is 0 Å². The summed E-state index contributed by atoms with van der Waals surface area (Å²) in [6, 6.07) is 8.61. The number of rotatable bonds is 0. The standard InChI is InChI=1S/C15H23N2.ClH/c1-14(2,3)16-11-17(15(4,5)6)13-10-8-7-9-12(13)16;/h7-11H,1-6H3;1H/q+1;. The zero-order chi connectivity index (χ0) is 12.8. The molecule has 1 aromatic heterocycles. The number of nitrogens with zero attached hydrogens (tertiary/aromatic N) is 2. The van der Waals surface area contributed by atoms with Crippen LogP contribution < -0.4 is 4.57 Å². The molecule has 0 unspecified atom stereocenters. The predicted octanol–water partition coefficient (Wildman–Crippen LogP) is 3.86. The van der Waals surface area contributed by atoms with Crippen LogP contribution in [0.2, 0.25) is 0 Å². The molecule has 0 radical (unpaired) electrons. The second-order valence-corrected chi connectivity index (χ2v) is 6.69. The Kier molecular flexibility index (Phi) is 3.83. The van der Waals surface area contributed by atoms with E-state index in [1.807, 2.05) is 0 Å². The average molecular weight is 268 g/mol. The van der Waals surface area contributed by atoms with Gasteiger partial charge in [0.25, 0.3) is 0 Å². The van der Waals surface area contributed by atoms with Crippen molar-refractivity contribution in [2.24, 2.45) is 0 Å². The molecule has 18 heavy (non-hydrogen) atoms. The van der Waals surface area contributed by atoms with Gasteiger partial charge in [-0.15, -0.1) is 12.4 Å². The van der Waals surface area contributed by atoms with E-state index in [1.165, 1.54) is 11.0 Å². The third-order valence-electron chi connectivity index (χ3n) is 3.08. The quantitative estimate of drug-likeness (QED) is 0.641. The Morgan fingerprint density at radius 1 is 0.944 bits per heavy atom. The van der Waals surface area contributed by atoms with E-state index in [4.69, 9.17) is 0 Å². The largest absolute Gasteiger partial charge is 0.245 e. The number of imidazole rings is 1. The summed E-state index contributed by atoms with van der Waals surface area (Å²) in [6.07, 6.45) is 2.24. The minimum absolute atomic E-state index is 0. The first kappa shape index (κ1) is 15.0. The van der Waals surface area contributed by atoms with Gasteiger partial charge >= 0.3 is 0 Å². The lowest BCUT2D eigenvalue weighted by Crippen LogP contribution is -2.49. The van der Waals surface area contributed by atoms with E-state index >= 15 is 0 Å². The van der Waals surface area contributed by atoms with E-state index in [0.717, 1.165) is 0 Å². The van der Waals surface area contributed by atoms with Crippen molar-refractivity contribution in [1.29, 1.82) is 0 Å². The Bertz CT molecular complexity index is 494. The number of hydrogen-bond donors (Lipinski definition) is 0. The molecule has 0 bridgehead atoms. The molecule has 1 heterocycles. The lowest BCUT2D eigenvalue weighted by Gasteiger charge is -2.16. The summed E-state index contributed by atoms with van der Waals surface area (Å²) in [6.45, 7) is 13.5. The molecule has 1 aromatic carbocycles. The number of halogens is 1. The Morgan fingerprint density at radius 3 is 2.00 bits per heavy atom. The molecule has 0 aliphatic carbocycles. The van der Waals surface area contributed by atoms with Crippen LogP contribution in [0.5, 0.6) is 0 Å². The van der Waals surface area contributed by atoms with Gasteiger partial charge in [0.05, 0.1) is 0 Å². The summed E-state index contributed by atoms with van der Waals surface area (Å²) in [4.78, 5) is 0. The highest BCUT2D eigenvalue weighted by atomic mass is 35.5. The molecular formula is C15H24ClN2+. The van der Waals surface area contributed by atoms with Crippen LogP contribution in [0.4, 0.5) is 0 Å². The molecule has 0 spiro atoms. The van der Waals surface area contributed by atoms with Crippen LogP contribution in [0.15, 0.2) is 30.6 Å². The van der Waals surface area contributed by atoms with Crippen molar-refractivity contribution in [2.45, 2.75) is 52.6 Å². The Morgan fingerprint density at radius 2 is 1.50 bits per heavy atom. The van der Waals surface area contributed by atoms with Gasteiger partial charge in [0, 0.05) is 0 Å². The number of fused-ring (bicyclic) bond motifs is 1. The summed E-state index contributed by atoms with van der Waals surface area (Å²) >= 11 is 0. The number of benzene rings is 1. The van der Waals surface area contributed by atoms with Crippen LogP contribution in [-0.4, -0.2) is 4.57 Å². The molecular weight excluding hydrogens is 244 g/mol. The molecule has 2 rings (SSSR count). The van der Waals surface area contributed by atoms with Crippen LogP contribution in [-0.2, 0) is 11.1 Å². The lowest BCUT2D eigenvalue weighted by atomic mass is 10.1. The van der Waals surface area contributed by atoms with Crippen LogP contribution >= 0.6 is 12.4 Å². The van der Waals surface area contributed by atoms with Gasteiger partial charge in [0.2, 0.25) is 6.33 Å². The number of hydrogen-bond acceptors (Lipinski definition) is 0. The minimum Gasteiger partial charge on any atom is -0.225 e. The summed E-state index contributed by atoms with van der Waals surface area (Å²) in [7, 11) is 0. The third-order valence-corrected chi connectivity index (χ3v) is 3.08. The summed E-state index contributed by atoms with van der Waals surface area (Å²) in [5.74, 6) is 0. The van der Waals surface area contributed by atoms with Crippen LogP contribution in [0.3, 0.4) is 0 Å². The van der Waals surface area contributed by atoms with Gasteiger partial charge in [-0.1, -0.05) is 12.1 Å². The average Bonchev–Trinajstić information content (AvgIpc) is 2.55. The predicted molar refractivity (Wildman–Crippen MR) is 79.4 cm³/mol. The minimum atomic E-state index is 0. The van der Waals surface area contributed by atoms with Crippen LogP contribution in [0, 0.1) is 0 Å². The van der Waals surface area contributed by atoms with E-state index in [9.17, 15) is 0 Å². The molecule has 0 aliphatic rings. The first-order chi connectivity index (χ1) is 7.71. The van der Waals surface area contributed by atoms with Gasteiger partial charge in [0.1, 0.15) is 11.1 Å². The van der Waals surface area contributed by atoms with Gasteiger partial charge in [0.15, 0.2) is 11.0 Å². The molecule has 0 saturated heterocycles. The van der Waals surface area contributed by atoms with E-state index in [2.05, 4.69) is 81.3 Å². The first-order valence-electron chi connectivity index (χ1n) is 6.24. The van der Waals surface area contributed by atoms with E-state index in [-0.39, 0.29) is 23.5 Å². The molecule has 0 saturated carbocycles. The number of aromatic nitrogens is 2. The summed E-state index contributed by atoms with van der Waals surface area (Å²) < 4.78 is 4.71. The molecule has 100 valence electrons. The van der Waals surface area contributed by atoms with Crippen molar-refractivity contribution in [3.05, 3.63) is 30.6 Å².